The third-order valence-corrected chi connectivity index (χ3v) is 5.54. The van der Waals surface area contributed by atoms with Gasteiger partial charge in [0.1, 0.15) is 14.1 Å². The SMILES string of the molecule is COS(=O)(=O)[O-].COS(=O)(=O)[O-].C[n+]1cccc2cc(-c3ccc4c(ccc[n+]4C)c3)ccc21. The summed E-state index contributed by atoms with van der Waals surface area (Å²) in [6, 6.07) is 21.8. The van der Waals surface area contributed by atoms with Crippen LogP contribution in [0.15, 0.2) is 73.1 Å². The topological polar surface area (TPSA) is 141 Å². The van der Waals surface area contributed by atoms with Crippen LogP contribution in [0.3, 0.4) is 0 Å². The number of aryl methyl sites for hydroxylation is 2. The van der Waals surface area contributed by atoms with Gasteiger partial charge in [0, 0.05) is 35.0 Å². The molecule has 0 saturated carbocycles. The summed E-state index contributed by atoms with van der Waals surface area (Å²) in [5.41, 5.74) is 5.01. The second-order valence-corrected chi connectivity index (χ2v) is 9.23. The summed E-state index contributed by atoms with van der Waals surface area (Å²) in [6.07, 6.45) is 4.16. The molecule has 2 aromatic heterocycles. The molecule has 4 aromatic rings. The summed E-state index contributed by atoms with van der Waals surface area (Å²) >= 11 is 0. The van der Waals surface area contributed by atoms with Crippen LogP contribution < -0.4 is 9.13 Å². The number of pyridine rings is 2. The van der Waals surface area contributed by atoms with Gasteiger partial charge in [-0.2, -0.15) is 0 Å². The van der Waals surface area contributed by atoms with E-state index >= 15 is 0 Å². The maximum atomic E-state index is 9.22. The lowest BCUT2D eigenvalue weighted by Crippen LogP contribution is -2.27. The Hall–Kier alpha value is -3.00. The first-order valence-corrected chi connectivity index (χ1v) is 12.3. The van der Waals surface area contributed by atoms with Crippen molar-refractivity contribution in [2.45, 2.75) is 0 Å². The van der Waals surface area contributed by atoms with Crippen LogP contribution in [0.25, 0.3) is 32.9 Å². The first kappa shape index (κ1) is 27.2. The largest absolute Gasteiger partial charge is 0.726 e. The van der Waals surface area contributed by atoms with Gasteiger partial charge in [-0.15, -0.1) is 0 Å². The zero-order valence-electron chi connectivity index (χ0n) is 18.9. The van der Waals surface area contributed by atoms with E-state index in [9.17, 15) is 25.9 Å². The molecule has 0 aliphatic rings. The fraction of sp³-hybridized carbons (Fsp3) is 0.182. The Kier molecular flexibility index (Phi) is 9.15. The molecule has 10 nitrogen and oxygen atoms in total. The summed E-state index contributed by atoms with van der Waals surface area (Å²) in [5, 5.41) is 2.53. The smallest absolute Gasteiger partial charge is 0.217 e. The second kappa shape index (κ2) is 11.4. The van der Waals surface area contributed by atoms with Crippen molar-refractivity contribution in [3.63, 3.8) is 0 Å². The zero-order valence-corrected chi connectivity index (χ0v) is 20.5. The molecule has 182 valence electrons. The number of rotatable bonds is 3. The Morgan fingerprint density at radius 2 is 0.971 bits per heavy atom. The molecule has 0 saturated heterocycles. The number of fused-ring (bicyclic) bond motifs is 2. The fourth-order valence-electron chi connectivity index (χ4n) is 3.09. The predicted octanol–water partition coefficient (Wildman–Crippen LogP) is 1.50. The van der Waals surface area contributed by atoms with Crippen LogP contribution in [0.1, 0.15) is 0 Å². The number of benzene rings is 2. The van der Waals surface area contributed by atoms with Gasteiger partial charge in [-0.1, -0.05) is 0 Å². The highest BCUT2D eigenvalue weighted by atomic mass is 32.3. The second-order valence-electron chi connectivity index (χ2n) is 6.94. The summed E-state index contributed by atoms with van der Waals surface area (Å²) in [6.45, 7) is 0. The van der Waals surface area contributed by atoms with Gasteiger partial charge in [0.05, 0.1) is 14.2 Å². The monoisotopic (exact) mass is 508 g/mol. The van der Waals surface area contributed by atoms with Crippen LogP contribution in [0, 0.1) is 0 Å². The van der Waals surface area contributed by atoms with Crippen molar-refractivity contribution in [2.24, 2.45) is 14.1 Å². The van der Waals surface area contributed by atoms with E-state index in [4.69, 9.17) is 0 Å². The van der Waals surface area contributed by atoms with Gasteiger partial charge in [0.15, 0.2) is 12.4 Å². The van der Waals surface area contributed by atoms with E-state index in [1.54, 1.807) is 0 Å². The molecule has 34 heavy (non-hydrogen) atoms. The average molecular weight is 509 g/mol. The Morgan fingerprint density at radius 1 is 0.647 bits per heavy atom. The fourth-order valence-corrected chi connectivity index (χ4v) is 3.09. The van der Waals surface area contributed by atoms with E-state index in [0.717, 1.165) is 14.2 Å². The van der Waals surface area contributed by atoms with Crippen molar-refractivity contribution in [3.8, 4) is 11.1 Å². The number of nitrogens with zero attached hydrogens (tertiary/aromatic N) is 2. The van der Waals surface area contributed by atoms with Gasteiger partial charge in [-0.05, 0) is 47.5 Å². The van der Waals surface area contributed by atoms with E-state index in [0.29, 0.717) is 0 Å². The van der Waals surface area contributed by atoms with Gasteiger partial charge in [-0.3, -0.25) is 8.37 Å². The molecule has 0 amide bonds. The molecule has 0 unspecified atom stereocenters. The van der Waals surface area contributed by atoms with Crippen molar-refractivity contribution < 1.29 is 43.4 Å². The van der Waals surface area contributed by atoms with Crippen LogP contribution in [-0.4, -0.2) is 40.2 Å². The molecule has 0 radical (unpaired) electrons. The minimum Gasteiger partial charge on any atom is -0.726 e. The van der Waals surface area contributed by atoms with Gasteiger partial charge >= 0.3 is 0 Å². The molecule has 0 N–H and O–H groups in total. The van der Waals surface area contributed by atoms with E-state index in [1.807, 2.05) is 0 Å². The van der Waals surface area contributed by atoms with Crippen molar-refractivity contribution in [1.82, 2.24) is 0 Å². The zero-order chi connectivity index (χ0) is 25.5. The first-order valence-electron chi connectivity index (χ1n) is 9.64. The van der Waals surface area contributed by atoms with E-state index in [2.05, 4.69) is 105 Å². The number of aromatic nitrogens is 2. The van der Waals surface area contributed by atoms with Gasteiger partial charge in [0.2, 0.25) is 31.8 Å². The maximum Gasteiger partial charge on any atom is 0.217 e. The number of hydrogen-bond donors (Lipinski definition) is 0. The molecular weight excluding hydrogens is 484 g/mol. The highest BCUT2D eigenvalue weighted by Gasteiger charge is 2.09. The molecule has 0 spiro atoms. The quantitative estimate of drug-likeness (QED) is 0.230. The minimum atomic E-state index is -4.41. The molecule has 2 aromatic carbocycles. The van der Waals surface area contributed by atoms with Crippen LogP contribution >= 0.6 is 0 Å². The highest BCUT2D eigenvalue weighted by molar-refractivity contribution is 7.81. The van der Waals surface area contributed by atoms with Gasteiger partial charge in [-0.25, -0.2) is 26.0 Å². The van der Waals surface area contributed by atoms with Crippen LogP contribution in [-0.2, 0) is 43.3 Å². The van der Waals surface area contributed by atoms with E-state index in [1.165, 1.54) is 32.9 Å². The van der Waals surface area contributed by atoms with Crippen LogP contribution in [0.4, 0.5) is 0 Å². The summed E-state index contributed by atoms with van der Waals surface area (Å²) in [7, 11) is -3.05. The molecule has 2 heterocycles. The third-order valence-electron chi connectivity index (χ3n) is 4.73. The van der Waals surface area contributed by atoms with Crippen LogP contribution in [0.5, 0.6) is 0 Å². The molecule has 4 rings (SSSR count). The van der Waals surface area contributed by atoms with E-state index < -0.39 is 20.8 Å². The summed E-state index contributed by atoms with van der Waals surface area (Å²) in [5.74, 6) is 0. The maximum absolute atomic E-state index is 9.22. The molecule has 0 aliphatic heterocycles. The predicted molar refractivity (Wildman–Crippen MR) is 123 cm³/mol. The van der Waals surface area contributed by atoms with Crippen molar-refractivity contribution in [1.29, 1.82) is 0 Å². The van der Waals surface area contributed by atoms with E-state index in [-0.39, 0.29) is 0 Å². The van der Waals surface area contributed by atoms with Gasteiger partial charge in [0.25, 0.3) is 0 Å². The number of hydrogen-bond acceptors (Lipinski definition) is 8. The lowest BCUT2D eigenvalue weighted by molar-refractivity contribution is -0.645. The molecular formula is C22H24N2O8S2. The average Bonchev–Trinajstić information content (AvgIpc) is 2.79. The standard InChI is InChI=1S/C20H18N2.2CH4O4S/c1-21-11-3-5-17-13-15(7-9-19(17)21)16-8-10-20-18(14-16)6-4-12-22(20)2;2*1-5-6(2,3)4/h3-14H,1-2H3;2*1H3,(H,2,3,4)/q+2;;/p-2. The molecule has 0 aliphatic carbocycles. The van der Waals surface area contributed by atoms with Crippen LogP contribution in [0.2, 0.25) is 0 Å². The molecule has 0 bridgehead atoms. The van der Waals surface area contributed by atoms with Crippen molar-refractivity contribution in [2.75, 3.05) is 14.2 Å². The van der Waals surface area contributed by atoms with Crippen molar-refractivity contribution in [3.05, 3.63) is 73.1 Å². The highest BCUT2D eigenvalue weighted by Crippen LogP contribution is 2.25. The lowest BCUT2D eigenvalue weighted by Gasteiger charge is -2.04. The Balaban J connectivity index is 0.000000285. The van der Waals surface area contributed by atoms with Gasteiger partial charge < -0.3 is 9.11 Å². The Morgan fingerprint density at radius 3 is 1.26 bits per heavy atom. The normalized spacial score (nSPS) is 11.4. The Bertz CT molecular complexity index is 1390. The molecule has 0 atom stereocenters. The minimum absolute atomic E-state index is 0.808. The summed E-state index contributed by atoms with van der Waals surface area (Å²) < 4.78 is 66.3. The lowest BCUT2D eigenvalue weighted by atomic mass is 10.0. The summed E-state index contributed by atoms with van der Waals surface area (Å²) in [4.78, 5) is 0. The van der Waals surface area contributed by atoms with Crippen molar-refractivity contribution >= 4 is 42.6 Å². The molecule has 0 fully saturated rings. The first-order chi connectivity index (χ1) is 15.8. The Labute approximate surface area is 198 Å². The molecule has 12 heteroatoms. The third kappa shape index (κ3) is 8.09.